The predicted molar refractivity (Wildman–Crippen MR) is 72.0 cm³/mol. The number of nitrogens with zero attached hydrogens (tertiary/aromatic N) is 3. The summed E-state index contributed by atoms with van der Waals surface area (Å²) in [6.45, 7) is 4.04. The topological polar surface area (TPSA) is 42.7 Å². The number of nitrogens with one attached hydrogen (secondary N) is 1. The first kappa shape index (κ1) is 13.7. The van der Waals surface area contributed by atoms with Gasteiger partial charge in [-0.2, -0.15) is 0 Å². The summed E-state index contributed by atoms with van der Waals surface area (Å²) in [7, 11) is 1.90. The summed E-state index contributed by atoms with van der Waals surface area (Å²) in [6.07, 6.45) is 2.47. The fraction of sp³-hybridized carbons (Fsp3) is 0.429. The fourth-order valence-corrected chi connectivity index (χ4v) is 2.25. The van der Waals surface area contributed by atoms with E-state index in [2.05, 4.69) is 15.5 Å². The molecule has 1 heterocycles. The Morgan fingerprint density at radius 3 is 2.68 bits per heavy atom. The van der Waals surface area contributed by atoms with Gasteiger partial charge in [-0.15, -0.1) is 10.2 Å². The Hall–Kier alpha value is -1.75. The Morgan fingerprint density at radius 2 is 2.11 bits per heavy atom. The van der Waals surface area contributed by atoms with Gasteiger partial charge in [0.1, 0.15) is 18.0 Å². The predicted octanol–water partition coefficient (Wildman–Crippen LogP) is 2.76. The van der Waals surface area contributed by atoms with E-state index in [4.69, 9.17) is 0 Å². The van der Waals surface area contributed by atoms with Crippen molar-refractivity contribution in [1.29, 1.82) is 0 Å². The van der Waals surface area contributed by atoms with Crippen LogP contribution in [0.3, 0.4) is 0 Å². The molecule has 0 amide bonds. The second kappa shape index (κ2) is 5.93. The average Bonchev–Trinajstić information content (AvgIpc) is 2.83. The first-order valence-electron chi connectivity index (χ1n) is 6.47. The van der Waals surface area contributed by atoms with Gasteiger partial charge in [0.25, 0.3) is 0 Å². The van der Waals surface area contributed by atoms with Crippen molar-refractivity contribution in [2.75, 3.05) is 0 Å². The molecule has 0 aliphatic heterocycles. The van der Waals surface area contributed by atoms with Crippen LogP contribution in [0.25, 0.3) is 0 Å². The van der Waals surface area contributed by atoms with Gasteiger partial charge < -0.3 is 9.88 Å². The van der Waals surface area contributed by atoms with E-state index in [1.54, 1.807) is 12.4 Å². The lowest BCUT2D eigenvalue weighted by atomic mass is 10.0. The minimum atomic E-state index is -0.174. The molecular formula is C14H19FN4. The van der Waals surface area contributed by atoms with E-state index in [9.17, 15) is 4.39 Å². The van der Waals surface area contributed by atoms with E-state index in [-0.39, 0.29) is 17.9 Å². The summed E-state index contributed by atoms with van der Waals surface area (Å²) in [5.41, 5.74) is 0.694. The summed E-state index contributed by atoms with van der Waals surface area (Å²) in [4.78, 5) is 0. The first-order chi connectivity index (χ1) is 9.13. The Labute approximate surface area is 112 Å². The zero-order valence-corrected chi connectivity index (χ0v) is 11.5. The van der Waals surface area contributed by atoms with E-state index in [1.807, 2.05) is 37.6 Å². The third-order valence-corrected chi connectivity index (χ3v) is 3.27. The Balaban J connectivity index is 2.16. The molecular weight excluding hydrogens is 243 g/mol. The van der Waals surface area contributed by atoms with Gasteiger partial charge in [-0.3, -0.25) is 0 Å². The monoisotopic (exact) mass is 262 g/mol. The third-order valence-electron chi connectivity index (χ3n) is 3.27. The first-order valence-corrected chi connectivity index (χ1v) is 6.47. The van der Waals surface area contributed by atoms with Crippen LogP contribution in [0, 0.1) is 5.82 Å². The second-order valence-electron chi connectivity index (χ2n) is 4.67. The maximum atomic E-state index is 13.8. The summed E-state index contributed by atoms with van der Waals surface area (Å²) in [6, 6.07) is 6.85. The van der Waals surface area contributed by atoms with Crippen molar-refractivity contribution in [2.45, 2.75) is 32.4 Å². The molecule has 1 N–H and O–H groups in total. The maximum absolute atomic E-state index is 13.8. The largest absolute Gasteiger partial charge is 0.319 e. The average molecular weight is 262 g/mol. The summed E-state index contributed by atoms with van der Waals surface area (Å²) in [5, 5.41) is 11.3. The molecule has 2 aromatic rings. The molecule has 0 spiro atoms. The highest BCUT2D eigenvalue weighted by atomic mass is 19.1. The van der Waals surface area contributed by atoms with Crippen molar-refractivity contribution in [2.24, 2.45) is 7.05 Å². The molecule has 2 atom stereocenters. The normalized spacial score (nSPS) is 14.3. The van der Waals surface area contributed by atoms with Gasteiger partial charge >= 0.3 is 0 Å². The Morgan fingerprint density at radius 1 is 1.37 bits per heavy atom. The van der Waals surface area contributed by atoms with Crippen LogP contribution in [0.2, 0.25) is 0 Å². The van der Waals surface area contributed by atoms with E-state index in [0.29, 0.717) is 5.56 Å². The lowest BCUT2D eigenvalue weighted by Gasteiger charge is -2.22. The van der Waals surface area contributed by atoms with Crippen LogP contribution in [0.4, 0.5) is 4.39 Å². The molecule has 2 unspecified atom stereocenters. The highest BCUT2D eigenvalue weighted by Gasteiger charge is 2.19. The number of hydrogen-bond acceptors (Lipinski definition) is 3. The molecule has 0 fully saturated rings. The van der Waals surface area contributed by atoms with Gasteiger partial charge in [0.15, 0.2) is 0 Å². The fourth-order valence-electron chi connectivity index (χ4n) is 2.25. The van der Waals surface area contributed by atoms with Crippen LogP contribution in [0.1, 0.15) is 43.7 Å². The van der Waals surface area contributed by atoms with Gasteiger partial charge in [0.05, 0.1) is 6.04 Å². The molecule has 5 heteroatoms. The second-order valence-corrected chi connectivity index (χ2v) is 4.67. The molecule has 0 saturated heterocycles. The molecule has 0 aliphatic rings. The third kappa shape index (κ3) is 2.98. The molecule has 19 heavy (non-hydrogen) atoms. The summed E-state index contributed by atoms with van der Waals surface area (Å²) >= 11 is 0. The molecule has 1 aromatic heterocycles. The molecule has 0 saturated carbocycles. The van der Waals surface area contributed by atoms with Crippen LogP contribution in [0.15, 0.2) is 30.6 Å². The summed E-state index contributed by atoms with van der Waals surface area (Å²) in [5.74, 6) is 0.668. The number of halogens is 1. The quantitative estimate of drug-likeness (QED) is 0.901. The highest BCUT2D eigenvalue weighted by Crippen LogP contribution is 2.23. The Bertz CT molecular complexity index is 538. The van der Waals surface area contributed by atoms with Crippen LogP contribution >= 0.6 is 0 Å². The molecule has 1 aromatic carbocycles. The van der Waals surface area contributed by atoms with E-state index < -0.39 is 0 Å². The molecule has 2 rings (SSSR count). The minimum absolute atomic E-state index is 0.0112. The zero-order chi connectivity index (χ0) is 13.8. The van der Waals surface area contributed by atoms with Crippen molar-refractivity contribution in [3.05, 3.63) is 47.8 Å². The van der Waals surface area contributed by atoms with Crippen LogP contribution in [0.5, 0.6) is 0 Å². The molecule has 4 nitrogen and oxygen atoms in total. The van der Waals surface area contributed by atoms with Crippen LogP contribution in [-0.4, -0.2) is 14.8 Å². The van der Waals surface area contributed by atoms with Crippen molar-refractivity contribution in [3.8, 4) is 0 Å². The lowest BCUT2D eigenvalue weighted by Crippen LogP contribution is -2.26. The summed E-state index contributed by atoms with van der Waals surface area (Å²) < 4.78 is 15.7. The number of rotatable bonds is 5. The molecule has 102 valence electrons. The molecule has 0 radical (unpaired) electrons. The van der Waals surface area contributed by atoms with Gasteiger partial charge in [0, 0.05) is 18.7 Å². The zero-order valence-electron chi connectivity index (χ0n) is 11.5. The SMILES string of the molecule is CCC(NC(C)c1nncn1C)c1ccccc1F. The van der Waals surface area contributed by atoms with Gasteiger partial charge in [0.2, 0.25) is 0 Å². The van der Waals surface area contributed by atoms with Gasteiger partial charge in [-0.1, -0.05) is 25.1 Å². The van der Waals surface area contributed by atoms with Gasteiger partial charge in [-0.05, 0) is 19.4 Å². The van der Waals surface area contributed by atoms with Crippen molar-refractivity contribution < 1.29 is 4.39 Å². The molecule has 0 bridgehead atoms. The lowest BCUT2D eigenvalue weighted by molar-refractivity contribution is 0.421. The highest BCUT2D eigenvalue weighted by molar-refractivity contribution is 5.21. The van der Waals surface area contributed by atoms with E-state index in [1.165, 1.54) is 6.07 Å². The molecule has 0 aliphatic carbocycles. The number of hydrogen-bond donors (Lipinski definition) is 1. The van der Waals surface area contributed by atoms with E-state index in [0.717, 1.165) is 12.2 Å². The van der Waals surface area contributed by atoms with E-state index >= 15 is 0 Å². The van der Waals surface area contributed by atoms with Crippen molar-refractivity contribution >= 4 is 0 Å². The Kier molecular flexibility index (Phi) is 4.27. The maximum Gasteiger partial charge on any atom is 0.149 e. The van der Waals surface area contributed by atoms with Crippen molar-refractivity contribution in [1.82, 2.24) is 20.1 Å². The number of aryl methyl sites for hydroxylation is 1. The minimum Gasteiger partial charge on any atom is -0.319 e. The number of aromatic nitrogens is 3. The van der Waals surface area contributed by atoms with Crippen LogP contribution in [-0.2, 0) is 7.05 Å². The number of benzene rings is 1. The van der Waals surface area contributed by atoms with Gasteiger partial charge in [-0.25, -0.2) is 4.39 Å². The standard InChI is InChI=1S/C14H19FN4/c1-4-13(11-7-5-6-8-12(11)15)17-10(2)14-18-16-9-19(14)3/h5-10,13,17H,4H2,1-3H3. The van der Waals surface area contributed by atoms with Crippen molar-refractivity contribution in [3.63, 3.8) is 0 Å². The smallest absolute Gasteiger partial charge is 0.149 e. The van der Waals surface area contributed by atoms with Crippen LogP contribution < -0.4 is 5.32 Å².